The lowest BCUT2D eigenvalue weighted by molar-refractivity contribution is -0.126. The van der Waals surface area contributed by atoms with Crippen molar-refractivity contribution < 1.29 is 24.1 Å². The van der Waals surface area contributed by atoms with Gasteiger partial charge in [0.1, 0.15) is 29.9 Å². The van der Waals surface area contributed by atoms with Gasteiger partial charge in [-0.3, -0.25) is 23.7 Å². The molecule has 1 saturated heterocycles. The highest BCUT2D eigenvalue weighted by Crippen LogP contribution is 2.27. The average molecular weight is 532 g/mol. The predicted octanol–water partition coefficient (Wildman–Crippen LogP) is -0.353. The summed E-state index contributed by atoms with van der Waals surface area (Å²) >= 11 is 0. The molecule has 0 bridgehead atoms. The highest BCUT2D eigenvalue weighted by atomic mass is 19.1. The molecule has 4 atom stereocenters. The van der Waals surface area contributed by atoms with Gasteiger partial charge in [-0.25, -0.2) is 13.9 Å². The van der Waals surface area contributed by atoms with E-state index in [0.29, 0.717) is 5.69 Å². The number of nitrogens with one attached hydrogen (secondary N) is 1. The van der Waals surface area contributed by atoms with E-state index in [2.05, 4.69) is 20.6 Å². The number of hydrogen-bond donors (Lipinski definition) is 3. The fraction of sp³-hybridized carbons (Fsp3) is 0.500. The van der Waals surface area contributed by atoms with Crippen molar-refractivity contribution in [1.29, 1.82) is 0 Å². The lowest BCUT2D eigenvalue weighted by Gasteiger charge is -2.20. The van der Waals surface area contributed by atoms with E-state index < -0.39 is 48.2 Å². The summed E-state index contributed by atoms with van der Waals surface area (Å²) in [7, 11) is 0. The van der Waals surface area contributed by atoms with E-state index in [-0.39, 0.29) is 42.6 Å². The number of amides is 1. The molecule has 0 saturated carbocycles. The number of aromatic nitrogens is 6. The maximum absolute atomic E-state index is 13.4. The molecule has 1 amide bonds. The molecule has 13 nitrogen and oxygen atoms in total. The Labute approximate surface area is 216 Å². The molecule has 14 heteroatoms. The molecule has 0 radical (unpaired) electrons. The highest BCUT2D eigenvalue weighted by molar-refractivity contribution is 5.80. The lowest BCUT2D eigenvalue weighted by atomic mass is 10.0. The molecule has 0 spiro atoms. The Hall–Kier alpha value is -3.75. The fourth-order valence-electron chi connectivity index (χ4n) is 4.39. The van der Waals surface area contributed by atoms with Crippen molar-refractivity contribution >= 4 is 5.91 Å². The summed E-state index contributed by atoms with van der Waals surface area (Å²) in [4.78, 5) is 43.0. The van der Waals surface area contributed by atoms with Gasteiger partial charge in [0.15, 0.2) is 0 Å². The summed E-state index contributed by atoms with van der Waals surface area (Å²) < 4.78 is 22.6. The summed E-state index contributed by atoms with van der Waals surface area (Å²) in [5.41, 5.74) is -0.301. The van der Waals surface area contributed by atoms with Crippen LogP contribution in [0.15, 0.2) is 40.3 Å². The molecule has 1 aliphatic rings. The molecular weight excluding hydrogens is 501 g/mol. The number of carbonyl (C=O) groups excluding carboxylic acids is 1. The van der Waals surface area contributed by atoms with Crippen molar-refractivity contribution in [3.8, 4) is 0 Å². The summed E-state index contributed by atoms with van der Waals surface area (Å²) in [5, 5.41) is 30.3. The first-order valence-electron chi connectivity index (χ1n) is 12.1. The smallest absolute Gasteiger partial charge is 0.333 e. The molecule has 1 aliphatic heterocycles. The first kappa shape index (κ1) is 27.3. The zero-order valence-electron chi connectivity index (χ0n) is 21.2. The molecule has 3 aromatic heterocycles. The number of rotatable bonds is 9. The van der Waals surface area contributed by atoms with Crippen LogP contribution in [0.4, 0.5) is 4.39 Å². The Balaban J connectivity index is 1.54. The number of halogens is 1. The topological polar surface area (TPSA) is 166 Å². The van der Waals surface area contributed by atoms with Gasteiger partial charge >= 0.3 is 5.69 Å². The molecular formula is C24H30FN7O6. The summed E-state index contributed by atoms with van der Waals surface area (Å²) in [5.74, 6) is -1.04. The van der Waals surface area contributed by atoms with E-state index in [9.17, 15) is 29.0 Å². The Morgan fingerprint density at radius 2 is 2.05 bits per heavy atom. The number of hydrogen-bond acceptors (Lipinski definition) is 9. The van der Waals surface area contributed by atoms with Gasteiger partial charge in [-0.15, -0.1) is 5.10 Å². The number of ether oxygens (including phenoxy) is 1. The van der Waals surface area contributed by atoms with Crippen LogP contribution in [-0.4, -0.2) is 64.0 Å². The number of pyridine rings is 1. The SMILES string of the molecule is Cc1cn([C@H]2C[C@@H](O)[C@@H](CO)O2)c(=O)n(Cc2cn([C@H](C(=O)NCc3cc(F)ccn3)C(C)C)nn2)c1=O. The summed E-state index contributed by atoms with van der Waals surface area (Å²) in [6.45, 7) is 4.60. The molecule has 3 N–H and O–H groups in total. The third-order valence-electron chi connectivity index (χ3n) is 6.35. The van der Waals surface area contributed by atoms with Crippen LogP contribution in [0, 0.1) is 18.7 Å². The Kier molecular flexibility index (Phi) is 8.14. The zero-order valence-corrected chi connectivity index (χ0v) is 21.2. The van der Waals surface area contributed by atoms with E-state index >= 15 is 0 Å². The molecule has 0 aromatic carbocycles. The highest BCUT2D eigenvalue weighted by Gasteiger charge is 2.35. The standard InChI is InChI=1S/C24H30FN7O6/c1-13(2)21(22(35)27-8-16-6-15(25)4-5-26-16)32-11-17(28-29-32)10-31-23(36)14(3)9-30(24(31)37)20-7-18(34)19(12-33)38-20/h4-6,9,11,13,18-21,33-34H,7-8,10,12H2,1-3H3,(H,27,35)/t18-,19-,20-,21+/m1/s1. The van der Waals surface area contributed by atoms with Crippen molar-refractivity contribution in [1.82, 2.24) is 34.4 Å². The van der Waals surface area contributed by atoms with E-state index in [4.69, 9.17) is 4.74 Å². The van der Waals surface area contributed by atoms with Crippen molar-refractivity contribution in [2.45, 2.75) is 64.8 Å². The van der Waals surface area contributed by atoms with Gasteiger partial charge in [0.05, 0.1) is 37.7 Å². The second-order valence-corrected chi connectivity index (χ2v) is 9.57. The Bertz CT molecular complexity index is 1420. The third-order valence-corrected chi connectivity index (χ3v) is 6.35. The first-order chi connectivity index (χ1) is 18.1. The van der Waals surface area contributed by atoms with Gasteiger partial charge in [0, 0.05) is 24.4 Å². The van der Waals surface area contributed by atoms with Crippen LogP contribution in [-0.2, 0) is 22.6 Å². The van der Waals surface area contributed by atoms with E-state index in [1.165, 1.54) is 40.0 Å². The van der Waals surface area contributed by atoms with E-state index in [1.807, 2.05) is 13.8 Å². The van der Waals surface area contributed by atoms with Gasteiger partial charge in [0.25, 0.3) is 5.56 Å². The van der Waals surface area contributed by atoms with Crippen LogP contribution in [0.1, 0.15) is 49.5 Å². The minimum atomic E-state index is -0.951. The monoisotopic (exact) mass is 531 g/mol. The maximum atomic E-state index is 13.4. The third kappa shape index (κ3) is 5.71. The molecule has 1 fully saturated rings. The number of nitrogens with zero attached hydrogens (tertiary/aromatic N) is 6. The number of aliphatic hydroxyl groups excluding tert-OH is 2. The summed E-state index contributed by atoms with van der Waals surface area (Å²) in [6, 6.07) is 1.68. The summed E-state index contributed by atoms with van der Waals surface area (Å²) in [6.07, 6.45) is 1.61. The van der Waals surface area contributed by atoms with Crippen LogP contribution >= 0.6 is 0 Å². The first-order valence-corrected chi connectivity index (χ1v) is 12.1. The van der Waals surface area contributed by atoms with Crippen LogP contribution in [0.2, 0.25) is 0 Å². The Morgan fingerprint density at radius 3 is 2.71 bits per heavy atom. The fourth-order valence-corrected chi connectivity index (χ4v) is 4.39. The normalized spacial score (nSPS) is 20.1. The van der Waals surface area contributed by atoms with Gasteiger partial charge in [0.2, 0.25) is 5.91 Å². The quantitative estimate of drug-likeness (QED) is 0.334. The molecule has 4 rings (SSSR count). The second-order valence-electron chi connectivity index (χ2n) is 9.57. The number of carbonyl (C=O) groups is 1. The second kappa shape index (κ2) is 11.3. The largest absolute Gasteiger partial charge is 0.394 e. The van der Waals surface area contributed by atoms with Crippen LogP contribution in [0.25, 0.3) is 0 Å². The van der Waals surface area contributed by atoms with E-state index in [1.54, 1.807) is 6.92 Å². The van der Waals surface area contributed by atoms with Crippen LogP contribution in [0.3, 0.4) is 0 Å². The zero-order chi connectivity index (χ0) is 27.6. The van der Waals surface area contributed by atoms with Gasteiger partial charge < -0.3 is 20.3 Å². The van der Waals surface area contributed by atoms with Crippen molar-refractivity contribution in [2.75, 3.05) is 6.61 Å². The minimum absolute atomic E-state index is 0.0225. The van der Waals surface area contributed by atoms with E-state index in [0.717, 1.165) is 4.57 Å². The Morgan fingerprint density at radius 1 is 1.29 bits per heavy atom. The number of aryl methyl sites for hydroxylation is 1. The van der Waals surface area contributed by atoms with Crippen LogP contribution < -0.4 is 16.6 Å². The molecule has 38 heavy (non-hydrogen) atoms. The maximum Gasteiger partial charge on any atom is 0.333 e. The van der Waals surface area contributed by atoms with Crippen molar-refractivity contribution in [3.63, 3.8) is 0 Å². The van der Waals surface area contributed by atoms with Crippen LogP contribution in [0.5, 0.6) is 0 Å². The average Bonchev–Trinajstić information content (AvgIpc) is 3.48. The molecule has 4 heterocycles. The molecule has 0 unspecified atom stereocenters. The number of aliphatic hydroxyl groups is 2. The minimum Gasteiger partial charge on any atom is -0.394 e. The molecule has 3 aromatic rings. The van der Waals surface area contributed by atoms with Gasteiger partial charge in [-0.2, -0.15) is 0 Å². The van der Waals surface area contributed by atoms with Crippen molar-refractivity contribution in [3.05, 3.63) is 74.3 Å². The predicted molar refractivity (Wildman–Crippen MR) is 130 cm³/mol. The van der Waals surface area contributed by atoms with Gasteiger partial charge in [-0.05, 0) is 25.0 Å². The molecule has 0 aliphatic carbocycles. The van der Waals surface area contributed by atoms with Crippen molar-refractivity contribution in [2.24, 2.45) is 5.92 Å². The lowest BCUT2D eigenvalue weighted by Crippen LogP contribution is -2.42. The molecule has 204 valence electrons. The van der Waals surface area contributed by atoms with Gasteiger partial charge in [-0.1, -0.05) is 19.1 Å².